The zero-order valence-electron chi connectivity index (χ0n) is 7.27. The molecule has 1 heterocycles. The van der Waals surface area contributed by atoms with E-state index in [0.717, 1.165) is 16.2 Å². The fourth-order valence-electron chi connectivity index (χ4n) is 1.28. The molecule has 0 aliphatic carbocycles. The van der Waals surface area contributed by atoms with E-state index in [1.807, 2.05) is 12.1 Å². The molecule has 1 aromatic rings. The van der Waals surface area contributed by atoms with Crippen LogP contribution in [0, 0.1) is 0 Å². The first-order valence-corrected chi connectivity index (χ1v) is 6.43. The molecule has 1 aliphatic rings. The molecule has 2 rings (SSSR count). The number of carboxylic acids is 1. The molecule has 1 aromatic carbocycles. The van der Waals surface area contributed by atoms with Crippen molar-refractivity contribution in [1.82, 2.24) is 0 Å². The van der Waals surface area contributed by atoms with E-state index in [9.17, 15) is 4.79 Å². The van der Waals surface area contributed by atoms with Crippen LogP contribution in [0.5, 0.6) is 0 Å². The maximum atomic E-state index is 10.9. The Hall–Kier alpha value is -0.870. The zero-order valence-corrected chi connectivity index (χ0v) is 8.90. The number of hydrogen-bond donors (Lipinski definition) is 1. The predicted octanol–water partition coefficient (Wildman–Crippen LogP) is 3.12. The van der Waals surface area contributed by atoms with Gasteiger partial charge in [0, 0.05) is 16.2 Å². The monoisotopic (exact) mass is 224 g/mol. The van der Waals surface area contributed by atoms with Crippen LogP contribution in [0.3, 0.4) is 0 Å². The molecule has 1 aliphatic heterocycles. The first-order valence-electron chi connectivity index (χ1n) is 4.11. The molecule has 14 heavy (non-hydrogen) atoms. The summed E-state index contributed by atoms with van der Waals surface area (Å²) in [6.07, 6.45) is 2.07. The van der Waals surface area contributed by atoms with Gasteiger partial charge in [-0.25, -0.2) is 4.79 Å². The Kier molecular flexibility index (Phi) is 2.84. The molecule has 72 valence electrons. The van der Waals surface area contributed by atoms with E-state index in [2.05, 4.69) is 6.08 Å². The van der Waals surface area contributed by atoms with Crippen molar-refractivity contribution >= 4 is 32.5 Å². The molecule has 0 unspecified atom stereocenters. The molecule has 0 fully saturated rings. The number of rotatable bonds is 2. The minimum Gasteiger partial charge on any atom is -0.478 e. The maximum Gasteiger partial charge on any atom is 0.336 e. The molecular formula is C10H8O2S2. The molecule has 0 spiro atoms. The lowest BCUT2D eigenvalue weighted by molar-refractivity contribution is 0.0696. The minimum absolute atomic E-state index is 0.383. The van der Waals surface area contributed by atoms with Gasteiger partial charge in [-0.05, 0) is 6.07 Å². The lowest BCUT2D eigenvalue weighted by Gasteiger charge is -2.04. The van der Waals surface area contributed by atoms with E-state index < -0.39 is 5.97 Å². The number of carboxylic acid groups (broad SMARTS) is 1. The first-order chi connectivity index (χ1) is 6.79. The number of aromatic carboxylic acids is 1. The van der Waals surface area contributed by atoms with E-state index in [-0.39, 0.29) is 0 Å². The van der Waals surface area contributed by atoms with Gasteiger partial charge in [-0.1, -0.05) is 45.9 Å². The van der Waals surface area contributed by atoms with Crippen LogP contribution in [0.1, 0.15) is 15.9 Å². The topological polar surface area (TPSA) is 37.3 Å². The molecule has 0 atom stereocenters. The Morgan fingerprint density at radius 3 is 2.79 bits per heavy atom. The van der Waals surface area contributed by atoms with E-state index in [1.54, 1.807) is 33.7 Å². The molecule has 1 N–H and O–H groups in total. The molecular weight excluding hydrogens is 216 g/mol. The van der Waals surface area contributed by atoms with Crippen LogP contribution in [-0.2, 0) is 0 Å². The zero-order chi connectivity index (χ0) is 9.97. The summed E-state index contributed by atoms with van der Waals surface area (Å²) in [5.41, 5.74) is 1.21. The van der Waals surface area contributed by atoms with Crippen molar-refractivity contribution < 1.29 is 9.90 Å². The van der Waals surface area contributed by atoms with Gasteiger partial charge in [0.2, 0.25) is 0 Å². The molecule has 2 nitrogen and oxygen atoms in total. The third-order valence-electron chi connectivity index (χ3n) is 1.91. The third-order valence-corrected chi connectivity index (χ3v) is 4.20. The largest absolute Gasteiger partial charge is 0.478 e. The Balaban J connectivity index is 2.46. The Morgan fingerprint density at radius 1 is 1.36 bits per heavy atom. The van der Waals surface area contributed by atoms with Gasteiger partial charge in [0.25, 0.3) is 0 Å². The van der Waals surface area contributed by atoms with Crippen molar-refractivity contribution in [3.05, 3.63) is 41.5 Å². The summed E-state index contributed by atoms with van der Waals surface area (Å²) >= 11 is 0. The highest BCUT2D eigenvalue weighted by Crippen LogP contribution is 2.43. The number of carbonyl (C=O) groups is 1. The van der Waals surface area contributed by atoms with Crippen LogP contribution in [-0.4, -0.2) is 16.8 Å². The molecule has 0 aromatic heterocycles. The summed E-state index contributed by atoms with van der Waals surface area (Å²) in [4.78, 5) is 12.0. The first kappa shape index (κ1) is 9.68. The minimum atomic E-state index is -0.862. The smallest absolute Gasteiger partial charge is 0.336 e. The lowest BCUT2D eigenvalue weighted by Crippen LogP contribution is -1.99. The fourth-order valence-corrected chi connectivity index (χ4v) is 3.50. The van der Waals surface area contributed by atoms with Crippen molar-refractivity contribution in [3.8, 4) is 0 Å². The van der Waals surface area contributed by atoms with Gasteiger partial charge in [-0.15, -0.1) is 0 Å². The van der Waals surface area contributed by atoms with Crippen LogP contribution in [0.15, 0.2) is 30.3 Å². The summed E-state index contributed by atoms with van der Waals surface area (Å²) < 4.78 is 0. The van der Waals surface area contributed by atoms with E-state index in [4.69, 9.17) is 5.11 Å². The summed E-state index contributed by atoms with van der Waals surface area (Å²) in [5, 5.41) is 8.98. The average molecular weight is 224 g/mol. The van der Waals surface area contributed by atoms with E-state index >= 15 is 0 Å². The van der Waals surface area contributed by atoms with Gasteiger partial charge in [0.05, 0.1) is 5.56 Å². The summed E-state index contributed by atoms with van der Waals surface area (Å²) in [6, 6.07) is 7.11. The van der Waals surface area contributed by atoms with Gasteiger partial charge in [0.1, 0.15) is 0 Å². The van der Waals surface area contributed by atoms with Crippen molar-refractivity contribution in [2.45, 2.75) is 0 Å². The molecule has 0 saturated heterocycles. The van der Waals surface area contributed by atoms with Gasteiger partial charge in [0.15, 0.2) is 0 Å². The second-order valence-electron chi connectivity index (χ2n) is 2.79. The summed E-state index contributed by atoms with van der Waals surface area (Å²) in [6.45, 7) is 0. The van der Waals surface area contributed by atoms with Crippen LogP contribution in [0.2, 0.25) is 0 Å². The van der Waals surface area contributed by atoms with Crippen LogP contribution >= 0.6 is 21.6 Å². The lowest BCUT2D eigenvalue weighted by atomic mass is 10.1. The second-order valence-corrected chi connectivity index (χ2v) is 5.17. The highest BCUT2D eigenvalue weighted by Gasteiger charge is 2.15. The van der Waals surface area contributed by atoms with Gasteiger partial charge in [-0.2, -0.15) is 0 Å². The van der Waals surface area contributed by atoms with Crippen LogP contribution in [0.25, 0.3) is 4.91 Å². The number of hydrogen-bond acceptors (Lipinski definition) is 3. The van der Waals surface area contributed by atoms with Crippen molar-refractivity contribution in [2.75, 3.05) is 5.75 Å². The Labute approximate surface area is 89.8 Å². The normalized spacial score (nSPS) is 15.3. The van der Waals surface area contributed by atoms with Crippen molar-refractivity contribution in [1.29, 1.82) is 0 Å². The number of benzene rings is 1. The van der Waals surface area contributed by atoms with E-state index in [0.29, 0.717) is 5.56 Å². The molecule has 0 bridgehead atoms. The third kappa shape index (κ3) is 1.81. The molecule has 0 amide bonds. The van der Waals surface area contributed by atoms with Crippen molar-refractivity contribution in [3.63, 3.8) is 0 Å². The predicted molar refractivity (Wildman–Crippen MR) is 61.4 cm³/mol. The Morgan fingerprint density at radius 2 is 2.14 bits per heavy atom. The second kappa shape index (κ2) is 4.11. The summed E-state index contributed by atoms with van der Waals surface area (Å²) in [7, 11) is 3.37. The molecule has 4 heteroatoms. The quantitative estimate of drug-likeness (QED) is 0.783. The van der Waals surface area contributed by atoms with Gasteiger partial charge >= 0.3 is 5.97 Å². The molecule has 0 saturated carbocycles. The standard InChI is InChI=1S/C10H8O2S2/c11-10(12)8-4-2-1-3-7(8)9-5-6-13-14-9/h1-5H,6H2,(H,11,12). The average Bonchev–Trinajstić information content (AvgIpc) is 2.70. The fraction of sp³-hybridized carbons (Fsp3) is 0.100. The van der Waals surface area contributed by atoms with E-state index in [1.165, 1.54) is 0 Å². The molecule has 0 radical (unpaired) electrons. The SMILES string of the molecule is O=C(O)c1ccccc1C1=CCSS1. The Bertz CT molecular complexity index is 399. The van der Waals surface area contributed by atoms with Gasteiger partial charge < -0.3 is 5.11 Å². The van der Waals surface area contributed by atoms with Crippen LogP contribution < -0.4 is 0 Å². The van der Waals surface area contributed by atoms with Crippen LogP contribution in [0.4, 0.5) is 0 Å². The highest BCUT2D eigenvalue weighted by atomic mass is 33.1. The summed E-state index contributed by atoms with van der Waals surface area (Å²) in [5.74, 6) is 0.0903. The maximum absolute atomic E-state index is 10.9. The van der Waals surface area contributed by atoms with Gasteiger partial charge in [-0.3, -0.25) is 0 Å². The van der Waals surface area contributed by atoms with Crippen molar-refractivity contribution in [2.24, 2.45) is 0 Å². The highest BCUT2D eigenvalue weighted by molar-refractivity contribution is 8.80.